The third-order valence-corrected chi connectivity index (χ3v) is 3.47. The third-order valence-electron chi connectivity index (χ3n) is 2.73. The minimum atomic E-state index is -2.91. The van der Waals surface area contributed by atoms with Crippen molar-refractivity contribution in [3.8, 4) is 11.8 Å². The molecule has 0 aliphatic carbocycles. The maximum atomic E-state index is 12.1. The number of anilines is 1. The van der Waals surface area contributed by atoms with E-state index in [1.54, 1.807) is 24.6 Å². The summed E-state index contributed by atoms with van der Waals surface area (Å²) in [6.45, 7) is -2.67. The summed E-state index contributed by atoms with van der Waals surface area (Å²) in [5, 5.41) is 3.06. The number of nitrogens with zero attached hydrogens (tertiary/aromatic N) is 1. The number of nitrogens with two attached hydrogens (primary N) is 1. The van der Waals surface area contributed by atoms with E-state index >= 15 is 0 Å². The van der Waals surface area contributed by atoms with Crippen LogP contribution in [0.3, 0.4) is 0 Å². The Labute approximate surface area is 151 Å². The largest absolute Gasteiger partial charge is 0.473 e. The van der Waals surface area contributed by atoms with Gasteiger partial charge in [0.15, 0.2) is 0 Å². The molecular formula is C15H17BrF2N4O3. The first-order valence-electron chi connectivity index (χ1n) is 6.91. The van der Waals surface area contributed by atoms with Gasteiger partial charge < -0.3 is 14.8 Å². The molecule has 0 aliphatic heterocycles. The molecule has 1 heterocycles. The number of alkyl halides is 2. The van der Waals surface area contributed by atoms with Gasteiger partial charge in [0, 0.05) is 34.9 Å². The maximum absolute atomic E-state index is 12.1. The lowest BCUT2D eigenvalue weighted by Crippen LogP contribution is -2.18. The van der Waals surface area contributed by atoms with Crippen molar-refractivity contribution in [2.24, 2.45) is 5.84 Å². The van der Waals surface area contributed by atoms with Crippen LogP contribution < -0.4 is 26.1 Å². The average molecular weight is 419 g/mol. The predicted octanol–water partition coefficient (Wildman–Crippen LogP) is 2.67. The second kappa shape index (κ2) is 11.2. The molecule has 2 aromatic rings. The number of ether oxygens (including phenoxy) is 2. The summed E-state index contributed by atoms with van der Waals surface area (Å²) in [6.07, 6.45) is 0.403. The van der Waals surface area contributed by atoms with E-state index in [1.807, 2.05) is 18.2 Å². The number of carbonyl (C=O) groups is 1. The molecule has 25 heavy (non-hydrogen) atoms. The van der Waals surface area contributed by atoms with Gasteiger partial charge in [0.25, 0.3) is 0 Å². The van der Waals surface area contributed by atoms with Gasteiger partial charge in [0.2, 0.25) is 18.2 Å². The maximum Gasteiger partial charge on any atom is 0.388 e. The summed E-state index contributed by atoms with van der Waals surface area (Å²) < 4.78 is 34.9. The minimum Gasteiger partial charge on any atom is -0.473 e. The van der Waals surface area contributed by atoms with E-state index in [-0.39, 0.29) is 18.4 Å². The molecule has 0 bridgehead atoms. The molecule has 10 heteroatoms. The summed E-state index contributed by atoms with van der Waals surface area (Å²) in [4.78, 5) is 12.8. The zero-order valence-electron chi connectivity index (χ0n) is 13.2. The first-order chi connectivity index (χ1) is 12.0. The van der Waals surface area contributed by atoms with E-state index < -0.39 is 6.61 Å². The quantitative estimate of drug-likeness (QED) is 0.276. The van der Waals surface area contributed by atoms with Crippen LogP contribution in [-0.2, 0) is 11.4 Å². The lowest BCUT2D eigenvalue weighted by molar-refractivity contribution is -0.109. The second-order valence-electron chi connectivity index (χ2n) is 4.28. The zero-order chi connectivity index (χ0) is 18.7. The molecule has 1 amide bonds. The molecule has 1 aromatic carbocycles. The molecule has 2 rings (SSSR count). The van der Waals surface area contributed by atoms with E-state index in [9.17, 15) is 8.78 Å². The molecular weight excluding hydrogens is 402 g/mol. The number of nitrogens with one attached hydrogen (secondary N) is 2. The Hall–Kier alpha value is -2.46. The molecule has 7 nitrogen and oxygen atoms in total. The summed E-state index contributed by atoms with van der Waals surface area (Å²) in [5.74, 6) is 4.45. The smallest absolute Gasteiger partial charge is 0.388 e. The average Bonchev–Trinajstić information content (AvgIpc) is 2.60. The molecule has 1 aromatic heterocycles. The van der Waals surface area contributed by atoms with Crippen LogP contribution in [0, 0.1) is 0 Å². The van der Waals surface area contributed by atoms with Gasteiger partial charge in [-0.25, -0.2) is 5.84 Å². The highest BCUT2D eigenvalue weighted by Gasteiger charge is 2.09. The number of amides is 1. The van der Waals surface area contributed by atoms with E-state index in [0.29, 0.717) is 6.41 Å². The number of pyridine rings is 1. The lowest BCUT2D eigenvalue weighted by atomic mass is 10.2. The van der Waals surface area contributed by atoms with Crippen molar-refractivity contribution in [3.05, 3.63) is 46.4 Å². The molecule has 0 radical (unpaired) electrons. The molecule has 0 fully saturated rings. The number of hydrogen-bond donors (Lipinski definition) is 3. The molecule has 4 N–H and O–H groups in total. The summed E-state index contributed by atoms with van der Waals surface area (Å²) in [7, 11) is 1.81. The number of hydrogen-bond acceptors (Lipinski definition) is 6. The van der Waals surface area contributed by atoms with E-state index in [1.165, 1.54) is 6.07 Å². The highest BCUT2D eigenvalue weighted by molar-refractivity contribution is 9.10. The molecule has 0 saturated carbocycles. The standard InChI is InChI=1S/C14H13BrF2N2O2.CH4N2O/c1-18-11-5-2-4-10(15)9(11)8-20-12-6-3-7-13(19-12)21-14(16)17;2-3-1-4/h2-7,14,18H,8H2,1H3;1H,2H2,(H,3,4). The Morgan fingerprint density at radius 3 is 2.52 bits per heavy atom. The van der Waals surface area contributed by atoms with Crippen LogP contribution >= 0.6 is 15.9 Å². The van der Waals surface area contributed by atoms with Crippen LogP contribution in [0.15, 0.2) is 40.9 Å². The van der Waals surface area contributed by atoms with E-state index in [0.717, 1.165) is 15.7 Å². The SMILES string of the molecule is CNc1cccc(Br)c1COc1cccc(OC(F)F)n1.NNC=O. The Kier molecular flexibility index (Phi) is 9.19. The molecule has 0 saturated heterocycles. The molecule has 0 unspecified atom stereocenters. The Morgan fingerprint density at radius 1 is 1.28 bits per heavy atom. The molecule has 0 aliphatic rings. The monoisotopic (exact) mass is 418 g/mol. The fourth-order valence-electron chi connectivity index (χ4n) is 1.72. The van der Waals surface area contributed by atoms with E-state index in [2.05, 4.69) is 36.8 Å². The Bertz CT molecular complexity index is 677. The molecule has 0 spiro atoms. The number of rotatable bonds is 7. The van der Waals surface area contributed by atoms with Crippen molar-refractivity contribution in [1.29, 1.82) is 0 Å². The fourth-order valence-corrected chi connectivity index (χ4v) is 2.20. The van der Waals surface area contributed by atoms with Crippen LogP contribution in [0.25, 0.3) is 0 Å². The van der Waals surface area contributed by atoms with Gasteiger partial charge in [0.1, 0.15) is 6.61 Å². The van der Waals surface area contributed by atoms with Crippen molar-refractivity contribution in [2.75, 3.05) is 12.4 Å². The van der Waals surface area contributed by atoms with Gasteiger partial charge in [-0.15, -0.1) is 0 Å². The van der Waals surface area contributed by atoms with Gasteiger partial charge in [-0.1, -0.05) is 28.1 Å². The van der Waals surface area contributed by atoms with Crippen LogP contribution in [-0.4, -0.2) is 25.1 Å². The Morgan fingerprint density at radius 2 is 1.92 bits per heavy atom. The summed E-state index contributed by atoms with van der Waals surface area (Å²) >= 11 is 3.44. The third kappa shape index (κ3) is 7.31. The van der Waals surface area contributed by atoms with Gasteiger partial charge in [-0.05, 0) is 12.1 Å². The highest BCUT2D eigenvalue weighted by Crippen LogP contribution is 2.26. The first-order valence-corrected chi connectivity index (χ1v) is 7.70. The topological polar surface area (TPSA) is 98.5 Å². The van der Waals surface area contributed by atoms with Gasteiger partial charge in [0.05, 0.1) is 0 Å². The summed E-state index contributed by atoms with van der Waals surface area (Å²) in [5.41, 5.74) is 3.56. The fraction of sp³-hybridized carbons (Fsp3) is 0.200. The Balaban J connectivity index is 0.000000705. The number of carbonyl (C=O) groups excluding carboxylic acids is 1. The second-order valence-corrected chi connectivity index (χ2v) is 5.14. The highest BCUT2D eigenvalue weighted by atomic mass is 79.9. The van der Waals surface area contributed by atoms with Gasteiger partial charge in [-0.3, -0.25) is 10.2 Å². The van der Waals surface area contributed by atoms with Crippen LogP contribution in [0.2, 0.25) is 0 Å². The predicted molar refractivity (Wildman–Crippen MR) is 92.3 cm³/mol. The number of benzene rings is 1. The minimum absolute atomic E-state index is 0.177. The van der Waals surface area contributed by atoms with Gasteiger partial charge in [-0.2, -0.15) is 13.8 Å². The number of halogens is 3. The lowest BCUT2D eigenvalue weighted by Gasteiger charge is -2.12. The van der Waals surface area contributed by atoms with Crippen molar-refractivity contribution < 1.29 is 23.0 Å². The van der Waals surface area contributed by atoms with Crippen LogP contribution in [0.4, 0.5) is 14.5 Å². The van der Waals surface area contributed by atoms with Crippen molar-refractivity contribution in [1.82, 2.24) is 10.4 Å². The van der Waals surface area contributed by atoms with E-state index in [4.69, 9.17) is 9.53 Å². The van der Waals surface area contributed by atoms with Crippen molar-refractivity contribution in [2.45, 2.75) is 13.2 Å². The normalized spacial score (nSPS) is 9.68. The number of hydrazine groups is 1. The first kappa shape index (κ1) is 20.6. The zero-order valence-corrected chi connectivity index (χ0v) is 14.8. The van der Waals surface area contributed by atoms with Crippen molar-refractivity contribution in [3.63, 3.8) is 0 Å². The molecule has 0 atom stereocenters. The van der Waals surface area contributed by atoms with Crippen LogP contribution in [0.1, 0.15) is 5.56 Å². The van der Waals surface area contributed by atoms with Crippen LogP contribution in [0.5, 0.6) is 11.8 Å². The van der Waals surface area contributed by atoms with Crippen molar-refractivity contribution >= 4 is 28.0 Å². The van der Waals surface area contributed by atoms with Gasteiger partial charge >= 0.3 is 6.61 Å². The summed E-state index contributed by atoms with van der Waals surface area (Å²) in [6, 6.07) is 10.2. The number of aromatic nitrogens is 1. The molecule has 136 valence electrons.